The van der Waals surface area contributed by atoms with Crippen LogP contribution in [0.4, 0.5) is 0 Å². The standard InChI is InChI=1S/C17H20N2/c1-19-12-13(11-18-19)6-7-15-10-17(15)9-8-14-4-2-3-5-16(14)17/h2-5,11-12,15H,6-10H2,1H3. The first kappa shape index (κ1) is 11.3. The fourth-order valence-electron chi connectivity index (χ4n) is 4.05. The molecule has 1 heterocycles. The molecule has 19 heavy (non-hydrogen) atoms. The van der Waals surface area contributed by atoms with E-state index in [1.165, 1.54) is 37.7 Å². The van der Waals surface area contributed by atoms with Crippen LogP contribution in [0.25, 0.3) is 0 Å². The second-order valence-corrected chi connectivity index (χ2v) is 6.28. The maximum Gasteiger partial charge on any atom is 0.0521 e. The van der Waals surface area contributed by atoms with Crippen LogP contribution in [0, 0.1) is 5.92 Å². The molecular weight excluding hydrogens is 232 g/mol. The number of hydrogen-bond acceptors (Lipinski definition) is 1. The van der Waals surface area contributed by atoms with Gasteiger partial charge in [-0.3, -0.25) is 4.68 Å². The number of aryl methyl sites for hydroxylation is 3. The molecule has 0 radical (unpaired) electrons. The van der Waals surface area contributed by atoms with E-state index in [0.29, 0.717) is 5.41 Å². The lowest BCUT2D eigenvalue weighted by atomic mass is 9.93. The summed E-state index contributed by atoms with van der Waals surface area (Å²) in [5.74, 6) is 0.899. The van der Waals surface area contributed by atoms with Crippen LogP contribution in [0.2, 0.25) is 0 Å². The molecule has 2 aromatic rings. The minimum absolute atomic E-state index is 0.554. The van der Waals surface area contributed by atoms with E-state index >= 15 is 0 Å². The monoisotopic (exact) mass is 252 g/mol. The highest BCUT2D eigenvalue weighted by atomic mass is 15.2. The molecule has 1 aromatic heterocycles. The zero-order valence-electron chi connectivity index (χ0n) is 11.5. The van der Waals surface area contributed by atoms with E-state index in [-0.39, 0.29) is 0 Å². The Morgan fingerprint density at radius 3 is 3.11 bits per heavy atom. The molecule has 0 aliphatic heterocycles. The van der Waals surface area contributed by atoms with Gasteiger partial charge < -0.3 is 0 Å². The molecule has 2 aliphatic carbocycles. The maximum atomic E-state index is 4.26. The van der Waals surface area contributed by atoms with Crippen molar-refractivity contribution in [3.8, 4) is 0 Å². The van der Waals surface area contributed by atoms with Crippen molar-refractivity contribution in [2.24, 2.45) is 13.0 Å². The van der Waals surface area contributed by atoms with Gasteiger partial charge >= 0.3 is 0 Å². The lowest BCUT2D eigenvalue weighted by Gasteiger charge is -2.11. The van der Waals surface area contributed by atoms with Crippen LogP contribution in [0.5, 0.6) is 0 Å². The molecule has 1 saturated carbocycles. The van der Waals surface area contributed by atoms with E-state index in [9.17, 15) is 0 Å². The minimum atomic E-state index is 0.554. The van der Waals surface area contributed by atoms with Crippen LogP contribution in [0.1, 0.15) is 36.0 Å². The summed E-state index contributed by atoms with van der Waals surface area (Å²) in [6.07, 6.45) is 10.7. The number of aromatic nitrogens is 2. The molecule has 2 aliphatic rings. The Bertz CT molecular complexity index is 613. The lowest BCUT2D eigenvalue weighted by molar-refractivity contribution is 0.566. The highest BCUT2D eigenvalue weighted by molar-refractivity contribution is 5.44. The molecule has 2 atom stereocenters. The van der Waals surface area contributed by atoms with Crippen molar-refractivity contribution in [3.05, 3.63) is 53.3 Å². The van der Waals surface area contributed by atoms with Gasteiger partial charge in [0, 0.05) is 13.2 Å². The molecule has 0 amide bonds. The lowest BCUT2D eigenvalue weighted by Crippen LogP contribution is -2.05. The fraction of sp³-hybridized carbons (Fsp3) is 0.471. The first-order valence-corrected chi connectivity index (χ1v) is 7.34. The minimum Gasteiger partial charge on any atom is -0.276 e. The third kappa shape index (κ3) is 1.73. The molecule has 4 rings (SSSR count). The van der Waals surface area contributed by atoms with Crippen molar-refractivity contribution in [2.75, 3.05) is 0 Å². The van der Waals surface area contributed by atoms with E-state index < -0.39 is 0 Å². The van der Waals surface area contributed by atoms with Crippen LogP contribution in [-0.2, 0) is 25.3 Å². The molecule has 0 bridgehead atoms. The van der Waals surface area contributed by atoms with E-state index in [2.05, 4.69) is 35.6 Å². The second kappa shape index (κ2) is 3.96. The largest absolute Gasteiger partial charge is 0.276 e. The van der Waals surface area contributed by atoms with Crippen molar-refractivity contribution >= 4 is 0 Å². The Labute approximate surface area is 114 Å². The van der Waals surface area contributed by atoms with Crippen molar-refractivity contribution in [1.82, 2.24) is 9.78 Å². The summed E-state index contributed by atoms with van der Waals surface area (Å²) < 4.78 is 1.91. The van der Waals surface area contributed by atoms with E-state index in [4.69, 9.17) is 0 Å². The van der Waals surface area contributed by atoms with Gasteiger partial charge in [0.15, 0.2) is 0 Å². The highest BCUT2D eigenvalue weighted by Crippen LogP contribution is 2.62. The maximum absolute atomic E-state index is 4.26. The Hall–Kier alpha value is -1.57. The highest BCUT2D eigenvalue weighted by Gasteiger charge is 2.56. The van der Waals surface area contributed by atoms with Crippen molar-refractivity contribution < 1.29 is 0 Å². The van der Waals surface area contributed by atoms with Gasteiger partial charge in [0.25, 0.3) is 0 Å². The summed E-state index contributed by atoms with van der Waals surface area (Å²) >= 11 is 0. The molecule has 1 spiro atoms. The van der Waals surface area contributed by atoms with E-state index in [1.807, 2.05) is 17.9 Å². The first-order chi connectivity index (χ1) is 9.28. The predicted octanol–water partition coefficient (Wildman–Crippen LogP) is 3.26. The average Bonchev–Trinajstić information content (AvgIpc) is 2.75. The van der Waals surface area contributed by atoms with E-state index in [0.717, 1.165) is 5.92 Å². The zero-order valence-corrected chi connectivity index (χ0v) is 11.5. The third-order valence-electron chi connectivity index (χ3n) is 5.17. The van der Waals surface area contributed by atoms with Gasteiger partial charge in [0.1, 0.15) is 0 Å². The molecule has 1 fully saturated rings. The average molecular weight is 252 g/mol. The van der Waals surface area contributed by atoms with Crippen molar-refractivity contribution in [2.45, 2.75) is 37.5 Å². The molecule has 0 saturated heterocycles. The molecule has 98 valence electrons. The Kier molecular flexibility index (Phi) is 2.35. The molecule has 2 nitrogen and oxygen atoms in total. The van der Waals surface area contributed by atoms with Gasteiger partial charge in [-0.2, -0.15) is 5.10 Å². The van der Waals surface area contributed by atoms with Crippen molar-refractivity contribution in [3.63, 3.8) is 0 Å². The van der Waals surface area contributed by atoms with Gasteiger partial charge in [0.2, 0.25) is 0 Å². The number of fused-ring (bicyclic) bond motifs is 2. The molecular formula is C17H20N2. The van der Waals surface area contributed by atoms with E-state index in [1.54, 1.807) is 11.1 Å². The van der Waals surface area contributed by atoms with Crippen molar-refractivity contribution in [1.29, 1.82) is 0 Å². The van der Waals surface area contributed by atoms with Crippen LogP contribution in [-0.4, -0.2) is 9.78 Å². The molecule has 1 aromatic carbocycles. The summed E-state index contributed by atoms with van der Waals surface area (Å²) in [7, 11) is 2.00. The summed E-state index contributed by atoms with van der Waals surface area (Å²) in [6.45, 7) is 0. The number of rotatable bonds is 3. The van der Waals surface area contributed by atoms with Gasteiger partial charge in [-0.05, 0) is 60.1 Å². The normalized spacial score (nSPS) is 27.7. The predicted molar refractivity (Wildman–Crippen MR) is 76.1 cm³/mol. The fourth-order valence-corrected chi connectivity index (χ4v) is 4.05. The Morgan fingerprint density at radius 2 is 2.26 bits per heavy atom. The molecule has 2 unspecified atom stereocenters. The SMILES string of the molecule is Cn1cc(CCC2CC23CCc2ccccc23)cn1. The molecule has 2 heteroatoms. The second-order valence-electron chi connectivity index (χ2n) is 6.28. The third-order valence-corrected chi connectivity index (χ3v) is 5.17. The summed E-state index contributed by atoms with van der Waals surface area (Å²) in [4.78, 5) is 0. The molecule has 0 N–H and O–H groups in total. The van der Waals surface area contributed by atoms with Gasteiger partial charge in [-0.25, -0.2) is 0 Å². The van der Waals surface area contributed by atoms with Gasteiger partial charge in [-0.1, -0.05) is 24.3 Å². The Balaban J connectivity index is 1.47. The van der Waals surface area contributed by atoms with Crippen LogP contribution in [0.3, 0.4) is 0 Å². The summed E-state index contributed by atoms with van der Waals surface area (Å²) in [5.41, 5.74) is 5.20. The zero-order chi connectivity index (χ0) is 12.9. The smallest absolute Gasteiger partial charge is 0.0521 e. The number of hydrogen-bond donors (Lipinski definition) is 0. The Morgan fingerprint density at radius 1 is 1.37 bits per heavy atom. The first-order valence-electron chi connectivity index (χ1n) is 7.34. The van der Waals surface area contributed by atoms with Crippen LogP contribution < -0.4 is 0 Å². The number of benzene rings is 1. The summed E-state index contributed by atoms with van der Waals surface area (Å²) in [5, 5.41) is 4.26. The number of nitrogens with zero attached hydrogens (tertiary/aromatic N) is 2. The van der Waals surface area contributed by atoms with Gasteiger partial charge in [0.05, 0.1) is 6.20 Å². The van der Waals surface area contributed by atoms with Gasteiger partial charge in [-0.15, -0.1) is 0 Å². The quantitative estimate of drug-likeness (QED) is 0.820. The topological polar surface area (TPSA) is 17.8 Å². The summed E-state index contributed by atoms with van der Waals surface area (Å²) in [6, 6.07) is 9.08. The van der Waals surface area contributed by atoms with Crippen LogP contribution in [0.15, 0.2) is 36.7 Å². The van der Waals surface area contributed by atoms with Crippen LogP contribution >= 0.6 is 0 Å².